The molecule has 0 amide bonds. The van der Waals surface area contributed by atoms with E-state index < -0.39 is 0 Å². The number of hydrogen-bond acceptors (Lipinski definition) is 1. The fourth-order valence-corrected chi connectivity index (χ4v) is 4.71. The summed E-state index contributed by atoms with van der Waals surface area (Å²) in [5.41, 5.74) is 3.27. The van der Waals surface area contributed by atoms with Gasteiger partial charge in [-0.25, -0.2) is 0 Å². The molecule has 2 bridgehead atoms. The molecule has 0 radical (unpaired) electrons. The molecule has 4 unspecified atom stereocenters. The summed E-state index contributed by atoms with van der Waals surface area (Å²) < 4.78 is 0. The van der Waals surface area contributed by atoms with Crippen molar-refractivity contribution >= 4 is 0 Å². The summed E-state index contributed by atoms with van der Waals surface area (Å²) in [6.07, 6.45) is 7.03. The maximum Gasteiger partial charge on any atom is 0.0130 e. The Morgan fingerprint density at radius 3 is 2.65 bits per heavy atom. The first kappa shape index (κ1) is 10.1. The Morgan fingerprint density at radius 2 is 1.82 bits per heavy atom. The number of fused-ring (bicyclic) bond motifs is 5. The second-order valence-electron chi connectivity index (χ2n) is 6.30. The maximum atomic E-state index is 2.69. The minimum absolute atomic E-state index is 0.882. The number of nitrogens with zero attached hydrogens (tertiary/aromatic N) is 1. The van der Waals surface area contributed by atoms with Crippen molar-refractivity contribution in [2.24, 2.45) is 11.8 Å². The molecule has 1 aliphatic carbocycles. The van der Waals surface area contributed by atoms with Crippen molar-refractivity contribution in [3.8, 4) is 0 Å². The van der Waals surface area contributed by atoms with Gasteiger partial charge in [0.1, 0.15) is 0 Å². The average molecular weight is 227 g/mol. The van der Waals surface area contributed by atoms with Crippen molar-refractivity contribution in [2.45, 2.75) is 44.2 Å². The summed E-state index contributed by atoms with van der Waals surface area (Å²) >= 11 is 0. The molecule has 1 aromatic rings. The first-order chi connectivity index (χ1) is 8.33. The molecule has 2 fully saturated rings. The first-order valence-corrected chi connectivity index (χ1v) is 7.11. The predicted molar refractivity (Wildman–Crippen MR) is 70.0 cm³/mol. The van der Waals surface area contributed by atoms with Crippen LogP contribution in [0.25, 0.3) is 0 Å². The zero-order valence-electron chi connectivity index (χ0n) is 10.6. The highest BCUT2D eigenvalue weighted by molar-refractivity contribution is 5.31. The van der Waals surface area contributed by atoms with Crippen molar-refractivity contribution < 1.29 is 0 Å². The Bertz CT molecular complexity index is 439. The van der Waals surface area contributed by atoms with Gasteiger partial charge in [-0.1, -0.05) is 24.3 Å². The number of rotatable bonds is 0. The van der Waals surface area contributed by atoms with Crippen LogP contribution in [0.1, 0.15) is 30.4 Å². The molecule has 2 saturated heterocycles. The molecule has 1 heteroatoms. The zero-order valence-corrected chi connectivity index (χ0v) is 10.6. The third kappa shape index (κ3) is 1.41. The quantitative estimate of drug-likeness (QED) is 0.659. The van der Waals surface area contributed by atoms with Crippen molar-refractivity contribution in [3.63, 3.8) is 0 Å². The van der Waals surface area contributed by atoms with E-state index >= 15 is 0 Å². The number of piperidine rings is 1. The molecule has 3 aliphatic rings. The van der Waals surface area contributed by atoms with Gasteiger partial charge in [-0.3, -0.25) is 0 Å². The van der Waals surface area contributed by atoms with Gasteiger partial charge < -0.3 is 4.90 Å². The summed E-state index contributed by atoms with van der Waals surface area (Å²) in [6, 6.07) is 10.9. The Morgan fingerprint density at radius 1 is 1.06 bits per heavy atom. The van der Waals surface area contributed by atoms with Gasteiger partial charge in [-0.2, -0.15) is 0 Å². The van der Waals surface area contributed by atoms with E-state index in [1.807, 2.05) is 0 Å². The van der Waals surface area contributed by atoms with Gasteiger partial charge in [-0.15, -0.1) is 0 Å². The second kappa shape index (κ2) is 3.58. The normalized spacial score (nSPS) is 39.8. The lowest BCUT2D eigenvalue weighted by Crippen LogP contribution is -2.49. The number of benzene rings is 1. The van der Waals surface area contributed by atoms with Gasteiger partial charge in [0.15, 0.2) is 0 Å². The summed E-state index contributed by atoms with van der Waals surface area (Å²) in [4.78, 5) is 2.69. The summed E-state index contributed by atoms with van der Waals surface area (Å²) in [5.74, 6) is 1.91. The molecule has 4 rings (SSSR count). The predicted octanol–water partition coefficient (Wildman–Crippen LogP) is 2.88. The molecular formula is C16H21N. The van der Waals surface area contributed by atoms with Crippen LogP contribution < -0.4 is 0 Å². The lowest BCUT2D eigenvalue weighted by atomic mass is 9.69. The Kier molecular flexibility index (Phi) is 2.14. The van der Waals surface area contributed by atoms with Crippen LogP contribution in [-0.2, 0) is 12.8 Å². The van der Waals surface area contributed by atoms with Crippen LogP contribution >= 0.6 is 0 Å². The van der Waals surface area contributed by atoms with Gasteiger partial charge in [-0.05, 0) is 62.1 Å². The Labute approximate surface area is 104 Å². The summed E-state index contributed by atoms with van der Waals surface area (Å²) in [7, 11) is 2.36. The van der Waals surface area contributed by atoms with Crippen LogP contribution in [0, 0.1) is 11.8 Å². The molecule has 4 atom stereocenters. The van der Waals surface area contributed by atoms with Gasteiger partial charge in [0.25, 0.3) is 0 Å². The van der Waals surface area contributed by atoms with Gasteiger partial charge in [0.2, 0.25) is 0 Å². The largest absolute Gasteiger partial charge is 0.300 e. The van der Waals surface area contributed by atoms with E-state index in [1.54, 1.807) is 11.1 Å². The Balaban J connectivity index is 1.70. The van der Waals surface area contributed by atoms with E-state index in [-0.39, 0.29) is 0 Å². The fourth-order valence-electron chi connectivity index (χ4n) is 4.71. The zero-order chi connectivity index (χ0) is 11.4. The van der Waals surface area contributed by atoms with Crippen molar-refractivity contribution in [1.82, 2.24) is 4.90 Å². The highest BCUT2D eigenvalue weighted by atomic mass is 15.2. The van der Waals surface area contributed by atoms with Gasteiger partial charge in [0.05, 0.1) is 0 Å². The lowest BCUT2D eigenvalue weighted by Gasteiger charge is -2.46. The molecule has 0 spiro atoms. The highest BCUT2D eigenvalue weighted by Gasteiger charge is 2.46. The van der Waals surface area contributed by atoms with E-state index in [0.717, 1.165) is 23.9 Å². The minimum atomic E-state index is 0.882. The standard InChI is InChI=1S/C16H21N/c1-17-14-6-7-16(17)15-10-12-5-3-2-4-11(12)8-13(15)9-14/h2-5,13-16H,6-10H2,1H3. The molecule has 17 heavy (non-hydrogen) atoms. The SMILES string of the molecule is CN1C2CCC1C1Cc3ccccc3CC1C2. The molecule has 2 heterocycles. The third-order valence-electron chi connectivity index (χ3n) is 5.63. The van der Waals surface area contributed by atoms with Gasteiger partial charge >= 0.3 is 0 Å². The van der Waals surface area contributed by atoms with Crippen LogP contribution in [-0.4, -0.2) is 24.0 Å². The molecule has 90 valence electrons. The topological polar surface area (TPSA) is 3.24 Å². The van der Waals surface area contributed by atoms with Gasteiger partial charge in [0, 0.05) is 12.1 Å². The van der Waals surface area contributed by atoms with Crippen LogP contribution in [0.3, 0.4) is 0 Å². The Hall–Kier alpha value is -0.820. The molecule has 0 saturated carbocycles. The molecular weight excluding hydrogens is 206 g/mol. The van der Waals surface area contributed by atoms with E-state index in [0.29, 0.717) is 0 Å². The minimum Gasteiger partial charge on any atom is -0.300 e. The highest BCUT2D eigenvalue weighted by Crippen LogP contribution is 2.46. The third-order valence-corrected chi connectivity index (χ3v) is 5.63. The van der Waals surface area contributed by atoms with Crippen LogP contribution in [0.2, 0.25) is 0 Å². The first-order valence-electron chi connectivity index (χ1n) is 7.11. The van der Waals surface area contributed by atoms with E-state index in [1.165, 1.54) is 32.1 Å². The van der Waals surface area contributed by atoms with Crippen LogP contribution in [0.5, 0.6) is 0 Å². The molecule has 1 aromatic carbocycles. The van der Waals surface area contributed by atoms with E-state index in [2.05, 4.69) is 36.2 Å². The van der Waals surface area contributed by atoms with E-state index in [9.17, 15) is 0 Å². The van der Waals surface area contributed by atoms with Crippen molar-refractivity contribution in [1.29, 1.82) is 0 Å². The number of hydrogen-bond donors (Lipinski definition) is 0. The van der Waals surface area contributed by atoms with E-state index in [4.69, 9.17) is 0 Å². The summed E-state index contributed by atoms with van der Waals surface area (Å²) in [6.45, 7) is 0. The molecule has 2 aliphatic heterocycles. The van der Waals surface area contributed by atoms with Crippen molar-refractivity contribution in [2.75, 3.05) is 7.05 Å². The van der Waals surface area contributed by atoms with Crippen molar-refractivity contribution in [3.05, 3.63) is 35.4 Å². The average Bonchev–Trinajstić information content (AvgIpc) is 2.60. The second-order valence-corrected chi connectivity index (χ2v) is 6.30. The lowest BCUT2D eigenvalue weighted by molar-refractivity contribution is 0.0621. The molecule has 1 nitrogen and oxygen atoms in total. The fraction of sp³-hybridized carbons (Fsp3) is 0.625. The monoisotopic (exact) mass is 227 g/mol. The van der Waals surface area contributed by atoms with Crippen LogP contribution in [0.15, 0.2) is 24.3 Å². The smallest absolute Gasteiger partial charge is 0.0130 e. The maximum absolute atomic E-state index is 2.69. The summed E-state index contributed by atoms with van der Waals surface area (Å²) in [5, 5.41) is 0. The molecule has 0 N–H and O–H groups in total. The van der Waals surface area contributed by atoms with Crippen LogP contribution in [0.4, 0.5) is 0 Å². The molecule has 0 aromatic heterocycles.